The molecule has 3 aromatic rings. The number of anilines is 2. The van der Waals surface area contributed by atoms with Gasteiger partial charge in [-0.25, -0.2) is 0 Å². The number of alkyl halides is 3. The fraction of sp³-hybridized carbons (Fsp3) is 0.259. The molecule has 196 valence electrons. The van der Waals surface area contributed by atoms with E-state index in [1.54, 1.807) is 18.2 Å². The van der Waals surface area contributed by atoms with Crippen molar-refractivity contribution >= 4 is 28.8 Å². The summed E-state index contributed by atoms with van der Waals surface area (Å²) in [5.41, 5.74) is 0.257. The number of allylic oxidation sites excluding steroid dienone is 1. The highest BCUT2D eigenvalue weighted by atomic mass is 19.4. The predicted octanol–water partition coefficient (Wildman–Crippen LogP) is 6.56. The van der Waals surface area contributed by atoms with Crippen LogP contribution in [0.4, 0.5) is 30.2 Å². The summed E-state index contributed by atoms with van der Waals surface area (Å²) >= 11 is 0. The Morgan fingerprint density at radius 2 is 1.84 bits per heavy atom. The molecule has 2 aromatic carbocycles. The van der Waals surface area contributed by atoms with Crippen molar-refractivity contribution < 1.29 is 32.1 Å². The summed E-state index contributed by atoms with van der Waals surface area (Å²) in [7, 11) is 0. The van der Waals surface area contributed by atoms with Gasteiger partial charge in [-0.15, -0.1) is 0 Å². The minimum atomic E-state index is -5.25. The highest BCUT2D eigenvalue weighted by Gasteiger charge is 2.51. The predicted molar refractivity (Wildman–Crippen MR) is 132 cm³/mol. The van der Waals surface area contributed by atoms with E-state index in [1.165, 1.54) is 42.5 Å². The number of benzene rings is 2. The maximum atomic E-state index is 14.0. The lowest BCUT2D eigenvalue weighted by Gasteiger charge is -2.36. The average molecular weight is 525 g/mol. The Kier molecular flexibility index (Phi) is 5.89. The number of hydrogen-bond acceptors (Lipinski definition) is 6. The van der Waals surface area contributed by atoms with E-state index in [4.69, 9.17) is 4.42 Å². The van der Waals surface area contributed by atoms with Gasteiger partial charge in [0, 0.05) is 35.4 Å². The minimum absolute atomic E-state index is 0.0121. The van der Waals surface area contributed by atoms with Crippen molar-refractivity contribution in [2.75, 3.05) is 10.2 Å². The Hall–Kier alpha value is -4.41. The van der Waals surface area contributed by atoms with E-state index in [0.717, 1.165) is 0 Å². The molecule has 2 aliphatic rings. The van der Waals surface area contributed by atoms with Gasteiger partial charge in [0.15, 0.2) is 5.78 Å². The summed E-state index contributed by atoms with van der Waals surface area (Å²) in [6.45, 7) is 3.77. The average Bonchev–Trinajstić information content (AvgIpc) is 3.27. The first kappa shape index (κ1) is 25.2. The zero-order valence-electron chi connectivity index (χ0n) is 20.3. The normalized spacial score (nSPS) is 18.8. The van der Waals surface area contributed by atoms with E-state index >= 15 is 0 Å². The smallest absolute Gasteiger partial charge is 0.458 e. The van der Waals surface area contributed by atoms with Crippen LogP contribution < -0.4 is 10.2 Å². The van der Waals surface area contributed by atoms with Crippen molar-refractivity contribution in [2.24, 2.45) is 5.41 Å². The number of amides is 1. The molecule has 11 heteroatoms. The molecule has 0 radical (unpaired) electrons. The molecule has 1 amide bonds. The van der Waals surface area contributed by atoms with Crippen molar-refractivity contribution in [1.82, 2.24) is 0 Å². The van der Waals surface area contributed by atoms with Gasteiger partial charge in [0.05, 0.1) is 16.3 Å². The second kappa shape index (κ2) is 8.86. The van der Waals surface area contributed by atoms with E-state index < -0.39 is 34.2 Å². The molecule has 0 bridgehead atoms. The second-order valence-corrected chi connectivity index (χ2v) is 10.1. The van der Waals surface area contributed by atoms with Crippen molar-refractivity contribution in [3.63, 3.8) is 0 Å². The number of furan rings is 1. The van der Waals surface area contributed by atoms with Crippen LogP contribution in [0.2, 0.25) is 0 Å². The Morgan fingerprint density at radius 1 is 1.11 bits per heavy atom. The third-order valence-electron chi connectivity index (χ3n) is 6.60. The number of ketones is 1. The molecule has 1 aliphatic heterocycles. The summed E-state index contributed by atoms with van der Waals surface area (Å²) in [5, 5.41) is 14.3. The van der Waals surface area contributed by atoms with Crippen LogP contribution in [0.1, 0.15) is 38.5 Å². The number of halogens is 3. The topological polar surface area (TPSA) is 106 Å². The number of nitrogens with one attached hydrogen (secondary N) is 1. The van der Waals surface area contributed by atoms with E-state index in [2.05, 4.69) is 5.32 Å². The molecule has 1 aliphatic carbocycles. The molecule has 1 atom stereocenters. The first-order valence-electron chi connectivity index (χ1n) is 11.7. The fourth-order valence-electron chi connectivity index (χ4n) is 5.04. The number of carbonyl (C=O) groups is 2. The van der Waals surface area contributed by atoms with Crippen molar-refractivity contribution in [3.8, 4) is 11.3 Å². The van der Waals surface area contributed by atoms with Gasteiger partial charge < -0.3 is 9.73 Å². The summed E-state index contributed by atoms with van der Waals surface area (Å²) in [4.78, 5) is 37.7. The number of Topliss-reactive ketones (excluding diaryl/α,β-unsaturated/α-hetero) is 1. The van der Waals surface area contributed by atoms with Crippen LogP contribution in [0.3, 0.4) is 0 Å². The van der Waals surface area contributed by atoms with Gasteiger partial charge in [-0.1, -0.05) is 38.1 Å². The molecular formula is C27H22F3N3O5. The molecule has 0 saturated heterocycles. The Bertz CT molecular complexity index is 1510. The zero-order valence-corrected chi connectivity index (χ0v) is 20.3. The first-order chi connectivity index (χ1) is 17.9. The van der Waals surface area contributed by atoms with Crippen LogP contribution in [0.25, 0.3) is 11.3 Å². The summed E-state index contributed by atoms with van der Waals surface area (Å²) < 4.78 is 47.9. The third-order valence-corrected chi connectivity index (χ3v) is 6.60. The van der Waals surface area contributed by atoms with Crippen molar-refractivity contribution in [2.45, 2.75) is 38.9 Å². The number of hydrogen-bond donors (Lipinski definition) is 1. The molecular weight excluding hydrogens is 503 g/mol. The molecule has 0 spiro atoms. The first-order valence-corrected chi connectivity index (χ1v) is 11.7. The highest BCUT2D eigenvalue weighted by Crippen LogP contribution is 2.49. The third kappa shape index (κ3) is 4.44. The Labute approximate surface area is 214 Å². The van der Waals surface area contributed by atoms with Gasteiger partial charge in [-0.2, -0.15) is 13.2 Å². The molecule has 2 heterocycles. The van der Waals surface area contributed by atoms with Crippen LogP contribution in [0.5, 0.6) is 0 Å². The number of fused-ring (bicyclic) bond motifs is 1. The van der Waals surface area contributed by atoms with Gasteiger partial charge in [-0.05, 0) is 36.1 Å². The van der Waals surface area contributed by atoms with Crippen molar-refractivity contribution in [1.29, 1.82) is 0 Å². The number of rotatable bonds is 3. The van der Waals surface area contributed by atoms with Crippen LogP contribution >= 0.6 is 0 Å². The lowest BCUT2D eigenvalue weighted by Crippen LogP contribution is -2.45. The molecule has 0 fully saturated rings. The summed E-state index contributed by atoms with van der Waals surface area (Å²) in [6.07, 6.45) is -4.83. The molecule has 1 N–H and O–H groups in total. The minimum Gasteiger partial charge on any atom is -0.458 e. The van der Waals surface area contributed by atoms with Crippen LogP contribution in [-0.4, -0.2) is 22.8 Å². The van der Waals surface area contributed by atoms with Gasteiger partial charge in [0.25, 0.3) is 5.69 Å². The van der Waals surface area contributed by atoms with E-state index in [1.807, 2.05) is 13.8 Å². The van der Waals surface area contributed by atoms with Crippen LogP contribution in [0, 0.1) is 15.5 Å². The standard InChI is InChI=1S/C27H22F3N3O5/c1-26(2)13-18-23(20(34)14-26)24(22-11-10-21(38-22)15-6-5-7-16(12-15)33(36)37)32(25(35)27(28,29)30)19-9-4-3-8-17(19)31-18/h3-12,24,31H,13-14H2,1-2H3/t24-/m1/s1. The van der Waals surface area contributed by atoms with Gasteiger partial charge >= 0.3 is 12.1 Å². The molecule has 0 unspecified atom stereocenters. The SMILES string of the molecule is CC1(C)CC(=O)C2=C(C1)Nc1ccccc1N(C(=O)C(F)(F)F)[C@@H]2c1ccc(-c2cccc([N+](=O)[O-])c2)o1. The van der Waals surface area contributed by atoms with Gasteiger partial charge in [0.1, 0.15) is 17.6 Å². The van der Waals surface area contributed by atoms with Crippen LogP contribution in [-0.2, 0) is 9.59 Å². The lowest BCUT2D eigenvalue weighted by molar-refractivity contribution is -0.384. The van der Waals surface area contributed by atoms with Crippen LogP contribution in [0.15, 0.2) is 76.4 Å². The maximum Gasteiger partial charge on any atom is 0.471 e. The molecule has 0 saturated carbocycles. The van der Waals surface area contributed by atoms with Gasteiger partial charge in [0.2, 0.25) is 0 Å². The quantitative estimate of drug-likeness (QED) is 0.307. The van der Waals surface area contributed by atoms with E-state index in [-0.39, 0.29) is 40.6 Å². The number of nitro groups is 1. The van der Waals surface area contributed by atoms with E-state index in [0.29, 0.717) is 22.6 Å². The molecule has 38 heavy (non-hydrogen) atoms. The fourth-order valence-corrected chi connectivity index (χ4v) is 5.04. The number of para-hydroxylation sites is 2. The van der Waals surface area contributed by atoms with Gasteiger partial charge in [-0.3, -0.25) is 24.6 Å². The number of nitro benzene ring substituents is 1. The van der Waals surface area contributed by atoms with E-state index in [9.17, 15) is 32.9 Å². The molecule has 5 rings (SSSR count). The number of non-ortho nitro benzene ring substituents is 1. The Morgan fingerprint density at radius 3 is 2.55 bits per heavy atom. The second-order valence-electron chi connectivity index (χ2n) is 10.1. The summed E-state index contributed by atoms with van der Waals surface area (Å²) in [5.74, 6) is -2.51. The maximum absolute atomic E-state index is 14.0. The lowest BCUT2D eigenvalue weighted by atomic mass is 9.74. The van der Waals surface area contributed by atoms with Crippen molar-refractivity contribution in [3.05, 3.63) is 87.8 Å². The summed E-state index contributed by atoms with van der Waals surface area (Å²) in [6, 6.07) is 12.9. The highest BCUT2D eigenvalue weighted by molar-refractivity contribution is 6.07. The monoisotopic (exact) mass is 525 g/mol. The number of carbonyl (C=O) groups excluding carboxylic acids is 2. The Balaban J connectivity index is 1.74. The largest absolute Gasteiger partial charge is 0.471 e. The zero-order chi connectivity index (χ0) is 27.4. The molecule has 1 aromatic heterocycles. The molecule has 8 nitrogen and oxygen atoms in total. The number of nitrogens with zero attached hydrogens (tertiary/aromatic N) is 2.